The van der Waals surface area contributed by atoms with E-state index in [1.165, 1.54) is 16.7 Å². The van der Waals surface area contributed by atoms with Crippen molar-refractivity contribution in [2.45, 2.75) is 20.3 Å². The zero-order chi connectivity index (χ0) is 12.0. The quantitative estimate of drug-likeness (QED) is 0.599. The van der Waals surface area contributed by atoms with Crippen LogP contribution >= 0.6 is 0 Å². The molecule has 1 aromatic carbocycles. The van der Waals surface area contributed by atoms with Crippen LogP contribution in [-0.2, 0) is 6.42 Å². The van der Waals surface area contributed by atoms with Crippen LogP contribution in [0.1, 0.15) is 16.7 Å². The third-order valence-electron chi connectivity index (χ3n) is 2.77. The van der Waals surface area contributed by atoms with Crippen LogP contribution in [0.15, 0.2) is 23.2 Å². The largest absolute Gasteiger partial charge is 0.359 e. The molecule has 3 nitrogen and oxygen atoms in total. The lowest BCUT2D eigenvalue weighted by Crippen LogP contribution is -2.35. The lowest BCUT2D eigenvalue weighted by atomic mass is 10.0. The van der Waals surface area contributed by atoms with E-state index in [4.69, 9.17) is 0 Å². The molecule has 88 valence electrons. The number of nitrogens with one attached hydrogen (secondary N) is 2. The average molecular weight is 219 g/mol. The zero-order valence-corrected chi connectivity index (χ0v) is 10.6. The van der Waals surface area contributed by atoms with Crippen LogP contribution in [0.5, 0.6) is 0 Å². The summed E-state index contributed by atoms with van der Waals surface area (Å²) in [5.74, 6) is 0.839. The van der Waals surface area contributed by atoms with E-state index in [1.54, 1.807) is 7.05 Å². The van der Waals surface area contributed by atoms with Crippen molar-refractivity contribution < 1.29 is 0 Å². The van der Waals surface area contributed by atoms with E-state index in [0.29, 0.717) is 0 Å². The van der Waals surface area contributed by atoms with Crippen molar-refractivity contribution in [1.29, 1.82) is 0 Å². The fraction of sp³-hybridized carbons (Fsp3) is 0.462. The van der Waals surface area contributed by atoms with Crippen LogP contribution in [0.2, 0.25) is 0 Å². The Labute approximate surface area is 98.0 Å². The highest BCUT2D eigenvalue weighted by molar-refractivity contribution is 5.79. The van der Waals surface area contributed by atoms with Gasteiger partial charge in [0, 0.05) is 20.6 Å². The summed E-state index contributed by atoms with van der Waals surface area (Å²) in [5.41, 5.74) is 4.16. The molecular weight excluding hydrogens is 198 g/mol. The van der Waals surface area contributed by atoms with Crippen molar-refractivity contribution in [3.05, 3.63) is 34.9 Å². The highest BCUT2D eigenvalue weighted by Crippen LogP contribution is 2.13. The fourth-order valence-electron chi connectivity index (χ4n) is 1.83. The summed E-state index contributed by atoms with van der Waals surface area (Å²) in [6.45, 7) is 5.23. The molecule has 0 saturated heterocycles. The van der Waals surface area contributed by atoms with Crippen molar-refractivity contribution in [1.82, 2.24) is 10.6 Å². The van der Waals surface area contributed by atoms with Gasteiger partial charge in [-0.2, -0.15) is 0 Å². The van der Waals surface area contributed by atoms with Crippen LogP contribution in [-0.4, -0.2) is 26.6 Å². The molecule has 0 aromatic heterocycles. The van der Waals surface area contributed by atoms with Gasteiger partial charge in [-0.25, -0.2) is 0 Å². The van der Waals surface area contributed by atoms with Crippen molar-refractivity contribution in [3.63, 3.8) is 0 Å². The van der Waals surface area contributed by atoms with Gasteiger partial charge in [-0.1, -0.05) is 18.2 Å². The minimum absolute atomic E-state index is 0.839. The summed E-state index contributed by atoms with van der Waals surface area (Å²) in [4.78, 5) is 4.08. The van der Waals surface area contributed by atoms with Gasteiger partial charge < -0.3 is 10.6 Å². The Kier molecular flexibility index (Phi) is 4.83. The average Bonchev–Trinajstić information content (AvgIpc) is 2.28. The minimum Gasteiger partial charge on any atom is -0.359 e. The van der Waals surface area contributed by atoms with Gasteiger partial charge in [-0.05, 0) is 37.0 Å². The second kappa shape index (κ2) is 6.16. The van der Waals surface area contributed by atoms with E-state index < -0.39 is 0 Å². The first kappa shape index (κ1) is 12.6. The van der Waals surface area contributed by atoms with Crippen molar-refractivity contribution in [2.24, 2.45) is 4.99 Å². The van der Waals surface area contributed by atoms with Gasteiger partial charge in [-0.15, -0.1) is 0 Å². The molecular formula is C13H21N3. The standard InChI is InChI=1S/C13H21N3/c1-10-6-5-7-11(2)12(10)8-9-16-13(14-3)15-4/h5-7H,8-9H2,1-4H3,(H2,14,15,16). The highest BCUT2D eigenvalue weighted by atomic mass is 15.1. The Hall–Kier alpha value is -1.51. The molecule has 16 heavy (non-hydrogen) atoms. The molecule has 2 N–H and O–H groups in total. The smallest absolute Gasteiger partial charge is 0.190 e. The van der Waals surface area contributed by atoms with Gasteiger partial charge in [-0.3, -0.25) is 4.99 Å². The van der Waals surface area contributed by atoms with Crippen LogP contribution in [0.4, 0.5) is 0 Å². The first-order chi connectivity index (χ1) is 7.69. The molecule has 0 heterocycles. The Balaban J connectivity index is 2.55. The second-order valence-corrected chi connectivity index (χ2v) is 3.87. The van der Waals surface area contributed by atoms with Crippen molar-refractivity contribution in [2.75, 3.05) is 20.6 Å². The topological polar surface area (TPSA) is 36.4 Å². The summed E-state index contributed by atoms with van der Waals surface area (Å²) in [6, 6.07) is 6.43. The van der Waals surface area contributed by atoms with Gasteiger partial charge in [0.05, 0.1) is 0 Å². The summed E-state index contributed by atoms with van der Waals surface area (Å²) in [6.07, 6.45) is 1.03. The van der Waals surface area contributed by atoms with E-state index in [0.717, 1.165) is 18.9 Å². The first-order valence-corrected chi connectivity index (χ1v) is 5.62. The van der Waals surface area contributed by atoms with Gasteiger partial charge in [0.2, 0.25) is 0 Å². The van der Waals surface area contributed by atoms with Crippen LogP contribution in [0, 0.1) is 13.8 Å². The van der Waals surface area contributed by atoms with Crippen molar-refractivity contribution in [3.8, 4) is 0 Å². The minimum atomic E-state index is 0.839. The van der Waals surface area contributed by atoms with Crippen LogP contribution in [0.3, 0.4) is 0 Å². The maximum atomic E-state index is 4.08. The fourth-order valence-corrected chi connectivity index (χ4v) is 1.83. The number of aliphatic imine (C=N–C) groups is 1. The maximum absolute atomic E-state index is 4.08. The predicted octanol–water partition coefficient (Wildman–Crippen LogP) is 1.64. The molecule has 0 spiro atoms. The molecule has 0 bridgehead atoms. The lowest BCUT2D eigenvalue weighted by molar-refractivity contribution is 0.826. The zero-order valence-electron chi connectivity index (χ0n) is 10.6. The number of benzene rings is 1. The molecule has 0 amide bonds. The van der Waals surface area contributed by atoms with Crippen LogP contribution < -0.4 is 10.6 Å². The summed E-state index contributed by atoms with van der Waals surface area (Å²) in [7, 11) is 3.65. The molecule has 0 aliphatic rings. The summed E-state index contributed by atoms with van der Waals surface area (Å²) < 4.78 is 0. The molecule has 0 saturated carbocycles. The molecule has 0 aliphatic carbocycles. The second-order valence-electron chi connectivity index (χ2n) is 3.87. The number of aryl methyl sites for hydroxylation is 2. The molecule has 0 aliphatic heterocycles. The predicted molar refractivity (Wildman–Crippen MR) is 70.0 cm³/mol. The number of hydrogen-bond donors (Lipinski definition) is 2. The number of guanidine groups is 1. The summed E-state index contributed by atoms with van der Waals surface area (Å²) >= 11 is 0. The Morgan fingerprint density at radius 3 is 2.38 bits per heavy atom. The number of nitrogens with zero attached hydrogens (tertiary/aromatic N) is 1. The van der Waals surface area contributed by atoms with Crippen LogP contribution in [0.25, 0.3) is 0 Å². The van der Waals surface area contributed by atoms with E-state index in [1.807, 2.05) is 7.05 Å². The molecule has 0 unspecified atom stereocenters. The number of rotatable bonds is 3. The highest BCUT2D eigenvalue weighted by Gasteiger charge is 2.01. The van der Waals surface area contributed by atoms with Gasteiger partial charge in [0.15, 0.2) is 5.96 Å². The Morgan fingerprint density at radius 1 is 1.25 bits per heavy atom. The molecule has 1 aromatic rings. The van der Waals surface area contributed by atoms with Crippen molar-refractivity contribution >= 4 is 5.96 Å². The molecule has 0 fully saturated rings. The van der Waals surface area contributed by atoms with Gasteiger partial charge >= 0.3 is 0 Å². The third-order valence-corrected chi connectivity index (χ3v) is 2.77. The van der Waals surface area contributed by atoms with E-state index in [2.05, 4.69) is 47.7 Å². The summed E-state index contributed by atoms with van der Waals surface area (Å²) in [5, 5.41) is 6.27. The van der Waals surface area contributed by atoms with E-state index in [9.17, 15) is 0 Å². The molecule has 1 rings (SSSR count). The number of hydrogen-bond acceptors (Lipinski definition) is 1. The molecule has 3 heteroatoms. The molecule has 0 radical (unpaired) electrons. The first-order valence-electron chi connectivity index (χ1n) is 5.62. The lowest BCUT2D eigenvalue weighted by Gasteiger charge is -2.11. The van der Waals surface area contributed by atoms with Gasteiger partial charge in [0.25, 0.3) is 0 Å². The van der Waals surface area contributed by atoms with E-state index in [-0.39, 0.29) is 0 Å². The molecule has 0 atom stereocenters. The monoisotopic (exact) mass is 219 g/mol. The Bertz CT molecular complexity index is 349. The third kappa shape index (κ3) is 3.26. The normalized spacial score (nSPS) is 11.4. The van der Waals surface area contributed by atoms with Gasteiger partial charge in [0.1, 0.15) is 0 Å². The Morgan fingerprint density at radius 2 is 1.88 bits per heavy atom. The maximum Gasteiger partial charge on any atom is 0.190 e. The SMILES string of the molecule is CN=C(NC)NCCc1c(C)cccc1C. The van der Waals surface area contributed by atoms with E-state index >= 15 is 0 Å².